The van der Waals surface area contributed by atoms with E-state index in [1.807, 2.05) is 27.7 Å². The van der Waals surface area contributed by atoms with Crippen molar-refractivity contribution in [1.82, 2.24) is 0 Å². The van der Waals surface area contributed by atoms with Crippen LogP contribution in [0.25, 0.3) is 0 Å². The lowest BCUT2D eigenvalue weighted by Crippen LogP contribution is -2.71. The van der Waals surface area contributed by atoms with E-state index in [1.54, 1.807) is 5.57 Å². The molecular formula is C29H50O2. The fraction of sp³-hybridized carbons (Fsp3) is 0.897. The number of fused-ring (bicyclic) bond motifs is 6. The summed E-state index contributed by atoms with van der Waals surface area (Å²) in [5, 5.41) is 12.5. The predicted molar refractivity (Wildman–Crippen MR) is 131 cm³/mol. The molecule has 5 aliphatic carbocycles. The number of aliphatic hydroxyl groups is 1. The summed E-state index contributed by atoms with van der Waals surface area (Å²) < 4.78 is 0. The van der Waals surface area contributed by atoms with Gasteiger partial charge in [-0.3, -0.25) is 4.79 Å². The van der Waals surface area contributed by atoms with Gasteiger partial charge in [-0.2, -0.15) is 0 Å². The van der Waals surface area contributed by atoms with Crippen LogP contribution in [0.1, 0.15) is 126 Å². The average molecular weight is 431 g/mol. The van der Waals surface area contributed by atoms with Gasteiger partial charge in [0.2, 0.25) is 0 Å². The first-order chi connectivity index (χ1) is 14.6. The summed E-state index contributed by atoms with van der Waals surface area (Å²) in [6.07, 6.45) is 14.3. The number of rotatable bonds is 0. The molecule has 31 heavy (non-hydrogen) atoms. The van der Waals surface area contributed by atoms with Crippen LogP contribution in [0.4, 0.5) is 0 Å². The second-order valence-electron chi connectivity index (χ2n) is 11.7. The van der Waals surface area contributed by atoms with Crippen molar-refractivity contribution in [2.24, 2.45) is 33.5 Å². The average Bonchev–Trinajstić information content (AvgIpc) is 3.30. The Labute approximate surface area is 192 Å². The molecule has 5 rings (SSSR count). The molecule has 2 nitrogen and oxygen atoms in total. The molecule has 0 amide bonds. The van der Waals surface area contributed by atoms with Crippen molar-refractivity contribution in [1.29, 1.82) is 0 Å². The zero-order valence-electron chi connectivity index (χ0n) is 21.9. The first-order valence-electron chi connectivity index (χ1n) is 13.6. The third-order valence-electron chi connectivity index (χ3n) is 11.4. The molecule has 178 valence electrons. The van der Waals surface area contributed by atoms with Gasteiger partial charge in [0, 0.05) is 23.7 Å². The zero-order chi connectivity index (χ0) is 23.3. The zero-order valence-corrected chi connectivity index (χ0v) is 21.9. The van der Waals surface area contributed by atoms with Gasteiger partial charge >= 0.3 is 0 Å². The molecule has 2 heteroatoms. The molecule has 0 aromatic carbocycles. The van der Waals surface area contributed by atoms with E-state index in [0.717, 1.165) is 44.9 Å². The van der Waals surface area contributed by atoms with Gasteiger partial charge < -0.3 is 5.11 Å². The topological polar surface area (TPSA) is 37.3 Å². The number of carbonyl (C=O) groups excluding carboxylic acids is 1. The molecule has 5 aliphatic rings. The van der Waals surface area contributed by atoms with E-state index in [1.165, 1.54) is 25.7 Å². The van der Waals surface area contributed by atoms with Crippen LogP contribution in [-0.2, 0) is 4.79 Å². The van der Waals surface area contributed by atoms with Crippen LogP contribution >= 0.6 is 0 Å². The van der Waals surface area contributed by atoms with Crippen molar-refractivity contribution >= 4 is 5.78 Å². The third kappa shape index (κ3) is 2.95. The number of allylic oxidation sites excluding steroid dienone is 1. The van der Waals surface area contributed by atoms with Crippen LogP contribution in [0.2, 0.25) is 0 Å². The van der Waals surface area contributed by atoms with Crippen molar-refractivity contribution in [3.8, 4) is 0 Å². The lowest BCUT2D eigenvalue weighted by Gasteiger charge is -2.71. The molecule has 0 radical (unpaired) electrons. The number of hydrogen-bond acceptors (Lipinski definition) is 2. The molecule has 0 bridgehead atoms. The summed E-state index contributed by atoms with van der Waals surface area (Å²) >= 11 is 0. The summed E-state index contributed by atoms with van der Waals surface area (Å²) in [7, 11) is 0. The number of Topliss-reactive ketones (excluding diaryl/α,β-unsaturated/α-hetero) is 1. The van der Waals surface area contributed by atoms with E-state index >= 15 is 0 Å². The molecule has 4 saturated carbocycles. The van der Waals surface area contributed by atoms with Crippen LogP contribution in [0.5, 0.6) is 0 Å². The summed E-state index contributed by atoms with van der Waals surface area (Å²) in [6, 6.07) is 0. The van der Waals surface area contributed by atoms with Crippen molar-refractivity contribution < 1.29 is 9.90 Å². The van der Waals surface area contributed by atoms with E-state index in [0.29, 0.717) is 17.6 Å². The van der Waals surface area contributed by atoms with Crippen molar-refractivity contribution in [2.75, 3.05) is 0 Å². The summed E-state index contributed by atoms with van der Waals surface area (Å²) in [5.41, 5.74) is 1.31. The monoisotopic (exact) mass is 430 g/mol. The minimum Gasteiger partial charge on any atom is -0.388 e. The van der Waals surface area contributed by atoms with Crippen LogP contribution < -0.4 is 0 Å². The van der Waals surface area contributed by atoms with Crippen LogP contribution in [-0.4, -0.2) is 16.5 Å². The smallest absolute Gasteiger partial charge is 0.133 e. The lowest BCUT2D eigenvalue weighted by atomic mass is 9.35. The first kappa shape index (κ1) is 25.0. The number of ketones is 1. The standard InChI is InChI=1S/C25H38O2.2C2H6/c1-17-15-18-7-5-6-10-21(18,2)25(27)14-13-22(3)20(23(17,25)4)9-12-24(22)11-8-19(26)16-24;2*1-2/h7,17,20,27H,5-6,8-16H2,1-4H3;2*1-2H3/t17-,20?,21?,22?,23?,24?,25+;;/m1../s1. The number of hydrogen-bond donors (Lipinski definition) is 1. The molecule has 5 unspecified atom stereocenters. The molecule has 0 aromatic rings. The van der Waals surface area contributed by atoms with Gasteiger partial charge in [0.15, 0.2) is 0 Å². The first-order valence-corrected chi connectivity index (χ1v) is 13.6. The lowest BCUT2D eigenvalue weighted by molar-refractivity contribution is -0.265. The van der Waals surface area contributed by atoms with Gasteiger partial charge in [0.1, 0.15) is 5.78 Å². The van der Waals surface area contributed by atoms with Gasteiger partial charge in [-0.1, -0.05) is 67.0 Å². The highest BCUT2D eigenvalue weighted by molar-refractivity contribution is 5.81. The van der Waals surface area contributed by atoms with Gasteiger partial charge in [-0.15, -0.1) is 0 Å². The Morgan fingerprint density at radius 1 is 0.968 bits per heavy atom. The quantitative estimate of drug-likeness (QED) is 0.397. The molecule has 1 N–H and O–H groups in total. The SMILES string of the molecule is CC.CC.C[C@@H]1CC2=CCCCC2(C)[C@@]2(O)CCC3(C)C(CCC34CCC(=O)C4)C12C. The molecule has 4 fully saturated rings. The fourth-order valence-corrected chi connectivity index (χ4v) is 9.49. The molecule has 0 heterocycles. The predicted octanol–water partition coefficient (Wildman–Crippen LogP) is 7.88. The Kier molecular flexibility index (Phi) is 6.69. The van der Waals surface area contributed by atoms with Crippen molar-refractivity contribution in [3.05, 3.63) is 11.6 Å². The minimum atomic E-state index is -0.595. The maximum Gasteiger partial charge on any atom is 0.133 e. The molecule has 7 atom stereocenters. The Bertz CT molecular complexity index is 724. The van der Waals surface area contributed by atoms with E-state index < -0.39 is 5.60 Å². The highest BCUT2D eigenvalue weighted by Gasteiger charge is 2.75. The fourth-order valence-electron chi connectivity index (χ4n) is 9.49. The van der Waals surface area contributed by atoms with Crippen LogP contribution in [0.3, 0.4) is 0 Å². The Morgan fingerprint density at radius 3 is 2.26 bits per heavy atom. The van der Waals surface area contributed by atoms with E-state index in [4.69, 9.17) is 0 Å². The van der Waals surface area contributed by atoms with E-state index in [2.05, 4.69) is 33.8 Å². The highest BCUT2D eigenvalue weighted by atomic mass is 16.3. The largest absolute Gasteiger partial charge is 0.388 e. The minimum absolute atomic E-state index is 0.0431. The normalized spacial score (nSPS) is 50.2. The van der Waals surface area contributed by atoms with Gasteiger partial charge in [-0.05, 0) is 80.5 Å². The van der Waals surface area contributed by atoms with Crippen LogP contribution in [0.15, 0.2) is 11.6 Å². The van der Waals surface area contributed by atoms with Crippen molar-refractivity contribution in [2.45, 2.75) is 132 Å². The van der Waals surface area contributed by atoms with E-state index in [-0.39, 0.29) is 21.7 Å². The van der Waals surface area contributed by atoms with Crippen molar-refractivity contribution in [3.63, 3.8) is 0 Å². The maximum absolute atomic E-state index is 12.5. The Morgan fingerprint density at radius 2 is 1.65 bits per heavy atom. The molecule has 1 spiro atoms. The third-order valence-corrected chi connectivity index (χ3v) is 11.4. The number of carbonyl (C=O) groups is 1. The summed E-state index contributed by atoms with van der Waals surface area (Å²) in [4.78, 5) is 12.3. The van der Waals surface area contributed by atoms with Crippen LogP contribution in [0, 0.1) is 33.5 Å². The Balaban J connectivity index is 0.000000645. The second kappa shape index (κ2) is 8.30. The molecule has 0 saturated heterocycles. The molecular weight excluding hydrogens is 380 g/mol. The van der Waals surface area contributed by atoms with Gasteiger partial charge in [0.05, 0.1) is 5.60 Å². The second-order valence-corrected chi connectivity index (χ2v) is 11.7. The Hall–Kier alpha value is -0.630. The van der Waals surface area contributed by atoms with Gasteiger partial charge in [-0.25, -0.2) is 0 Å². The molecule has 0 aliphatic heterocycles. The highest BCUT2D eigenvalue weighted by Crippen LogP contribution is 2.78. The van der Waals surface area contributed by atoms with E-state index in [9.17, 15) is 9.90 Å². The summed E-state index contributed by atoms with van der Waals surface area (Å²) in [5.74, 6) is 1.55. The maximum atomic E-state index is 12.5. The molecule has 0 aromatic heterocycles. The summed E-state index contributed by atoms with van der Waals surface area (Å²) in [6.45, 7) is 17.8. The van der Waals surface area contributed by atoms with Gasteiger partial charge in [0.25, 0.3) is 0 Å².